The summed E-state index contributed by atoms with van der Waals surface area (Å²) >= 11 is 0. The van der Waals surface area contributed by atoms with Crippen molar-refractivity contribution in [3.05, 3.63) is 42.1 Å². The van der Waals surface area contributed by atoms with Crippen LogP contribution in [0.1, 0.15) is 12.5 Å². The van der Waals surface area contributed by atoms with Crippen LogP contribution in [0.4, 0.5) is 5.82 Å². The summed E-state index contributed by atoms with van der Waals surface area (Å²) in [4.78, 5) is 0.0188. The van der Waals surface area contributed by atoms with E-state index in [2.05, 4.69) is 10.2 Å². The minimum Gasteiger partial charge on any atom is -0.383 e. The van der Waals surface area contributed by atoms with Crippen molar-refractivity contribution in [1.82, 2.24) is 14.5 Å². The number of nitrogens with zero attached hydrogens (tertiary/aromatic N) is 2. The molecule has 19 heavy (non-hydrogen) atoms. The zero-order valence-corrected chi connectivity index (χ0v) is 11.4. The summed E-state index contributed by atoms with van der Waals surface area (Å²) in [6.45, 7) is 2.46. The van der Waals surface area contributed by atoms with Crippen molar-refractivity contribution < 1.29 is 8.42 Å². The van der Waals surface area contributed by atoms with Crippen molar-refractivity contribution in [2.45, 2.75) is 18.4 Å². The van der Waals surface area contributed by atoms with Crippen LogP contribution in [0.5, 0.6) is 0 Å². The van der Waals surface area contributed by atoms with Gasteiger partial charge in [-0.3, -0.25) is 5.10 Å². The van der Waals surface area contributed by atoms with Gasteiger partial charge in [0.25, 0.3) is 0 Å². The number of anilines is 1. The average Bonchev–Trinajstić information content (AvgIpc) is 2.84. The van der Waals surface area contributed by atoms with Crippen LogP contribution in [0.2, 0.25) is 0 Å². The molecule has 102 valence electrons. The summed E-state index contributed by atoms with van der Waals surface area (Å²) < 4.78 is 26.2. The number of aromatic amines is 1. The van der Waals surface area contributed by atoms with Crippen molar-refractivity contribution >= 4 is 15.8 Å². The molecule has 0 atom stereocenters. The quantitative estimate of drug-likeness (QED) is 0.861. The summed E-state index contributed by atoms with van der Waals surface area (Å²) in [5, 5.41) is 6.10. The van der Waals surface area contributed by atoms with Crippen LogP contribution in [0.25, 0.3) is 0 Å². The highest BCUT2D eigenvalue weighted by Gasteiger charge is 2.26. The van der Waals surface area contributed by atoms with E-state index in [9.17, 15) is 8.42 Å². The zero-order chi connectivity index (χ0) is 13.9. The molecule has 0 amide bonds. The number of nitrogen functional groups attached to an aromatic ring is 1. The molecule has 3 N–H and O–H groups in total. The molecule has 2 aromatic rings. The van der Waals surface area contributed by atoms with Crippen LogP contribution in [0.3, 0.4) is 0 Å². The lowest BCUT2D eigenvalue weighted by atomic mass is 10.2. The van der Waals surface area contributed by atoms with Gasteiger partial charge in [-0.15, -0.1) is 0 Å². The number of hydrogen-bond acceptors (Lipinski definition) is 4. The SMILES string of the molecule is CCN(Cc1ccccc1)S(=O)(=O)c1cn[nH]c1N. The maximum Gasteiger partial charge on any atom is 0.248 e. The number of sulfonamides is 1. The Balaban J connectivity index is 2.30. The van der Waals surface area contributed by atoms with Crippen molar-refractivity contribution in [3.8, 4) is 0 Å². The highest BCUT2D eigenvalue weighted by atomic mass is 32.2. The number of aromatic nitrogens is 2. The van der Waals surface area contributed by atoms with Gasteiger partial charge in [-0.05, 0) is 5.56 Å². The molecule has 0 fully saturated rings. The summed E-state index contributed by atoms with van der Waals surface area (Å²) in [6, 6.07) is 9.42. The Morgan fingerprint density at radius 1 is 1.32 bits per heavy atom. The molecule has 1 heterocycles. The van der Waals surface area contributed by atoms with E-state index in [0.717, 1.165) is 5.56 Å². The number of benzene rings is 1. The molecule has 6 nitrogen and oxygen atoms in total. The van der Waals surface area contributed by atoms with Crippen molar-refractivity contribution in [1.29, 1.82) is 0 Å². The van der Waals surface area contributed by atoms with Gasteiger partial charge in [0, 0.05) is 13.1 Å². The average molecular weight is 280 g/mol. The largest absolute Gasteiger partial charge is 0.383 e. The molecule has 0 saturated carbocycles. The number of nitrogens with two attached hydrogens (primary N) is 1. The summed E-state index contributed by atoms with van der Waals surface area (Å²) in [5.41, 5.74) is 6.51. The summed E-state index contributed by atoms with van der Waals surface area (Å²) in [5.74, 6) is 0.0616. The molecule has 0 radical (unpaired) electrons. The van der Waals surface area contributed by atoms with Gasteiger partial charge in [-0.2, -0.15) is 9.40 Å². The van der Waals surface area contributed by atoms with Gasteiger partial charge in [0.1, 0.15) is 10.7 Å². The molecule has 7 heteroatoms. The van der Waals surface area contributed by atoms with E-state index in [0.29, 0.717) is 13.1 Å². The van der Waals surface area contributed by atoms with Gasteiger partial charge in [0.05, 0.1) is 6.20 Å². The van der Waals surface area contributed by atoms with E-state index in [1.54, 1.807) is 6.92 Å². The molecular weight excluding hydrogens is 264 g/mol. The third-order valence-corrected chi connectivity index (χ3v) is 4.75. The van der Waals surface area contributed by atoms with Crippen molar-refractivity contribution in [3.63, 3.8) is 0 Å². The van der Waals surface area contributed by atoms with E-state index in [4.69, 9.17) is 5.73 Å². The normalized spacial score (nSPS) is 11.9. The third-order valence-electron chi connectivity index (χ3n) is 2.80. The molecule has 0 aliphatic rings. The van der Waals surface area contributed by atoms with Gasteiger partial charge in [0.15, 0.2) is 0 Å². The standard InChI is InChI=1S/C12H16N4O2S/c1-2-16(9-10-6-4-3-5-7-10)19(17,18)11-8-14-15-12(11)13/h3-8H,2,9H2,1H3,(H3,13,14,15). The Morgan fingerprint density at radius 2 is 2.00 bits per heavy atom. The Bertz CT molecular complexity index is 637. The topological polar surface area (TPSA) is 92.1 Å². The van der Waals surface area contributed by atoms with Crippen molar-refractivity contribution in [2.75, 3.05) is 12.3 Å². The molecule has 1 aromatic heterocycles. The molecule has 0 aliphatic carbocycles. The maximum absolute atomic E-state index is 12.4. The lowest BCUT2D eigenvalue weighted by molar-refractivity contribution is 0.424. The van der Waals surface area contributed by atoms with E-state index in [1.165, 1.54) is 10.5 Å². The van der Waals surface area contributed by atoms with Crippen molar-refractivity contribution in [2.24, 2.45) is 0 Å². The lowest BCUT2D eigenvalue weighted by Gasteiger charge is -2.19. The van der Waals surface area contributed by atoms with Crippen LogP contribution in [-0.4, -0.2) is 29.5 Å². The number of H-pyrrole nitrogens is 1. The first-order chi connectivity index (χ1) is 9.05. The van der Waals surface area contributed by atoms with Gasteiger partial charge in [-0.1, -0.05) is 37.3 Å². The Hall–Kier alpha value is -1.86. The van der Waals surface area contributed by atoms with E-state index < -0.39 is 10.0 Å². The Morgan fingerprint density at radius 3 is 2.53 bits per heavy atom. The molecule has 1 aromatic carbocycles. The van der Waals surface area contributed by atoms with Crippen LogP contribution >= 0.6 is 0 Å². The first-order valence-corrected chi connectivity index (χ1v) is 7.32. The smallest absolute Gasteiger partial charge is 0.248 e. The second-order valence-corrected chi connectivity index (χ2v) is 5.97. The first-order valence-electron chi connectivity index (χ1n) is 5.88. The molecular formula is C12H16N4O2S. The minimum atomic E-state index is -3.62. The molecule has 0 unspecified atom stereocenters. The molecule has 0 aliphatic heterocycles. The highest BCUT2D eigenvalue weighted by Crippen LogP contribution is 2.21. The fourth-order valence-electron chi connectivity index (χ4n) is 1.78. The predicted molar refractivity (Wildman–Crippen MR) is 72.7 cm³/mol. The predicted octanol–water partition coefficient (Wildman–Crippen LogP) is 1.20. The number of rotatable bonds is 5. The molecule has 0 bridgehead atoms. The van der Waals surface area contributed by atoms with Crippen LogP contribution in [0.15, 0.2) is 41.4 Å². The summed E-state index contributed by atoms with van der Waals surface area (Å²) in [6.07, 6.45) is 1.23. The van der Waals surface area contributed by atoms with Crippen LogP contribution in [0, 0.1) is 0 Å². The first kappa shape index (κ1) is 13.6. The Labute approximate surface area is 112 Å². The zero-order valence-electron chi connectivity index (χ0n) is 10.6. The van der Waals surface area contributed by atoms with Crippen LogP contribution < -0.4 is 5.73 Å². The number of hydrogen-bond donors (Lipinski definition) is 2. The van der Waals surface area contributed by atoms with Gasteiger partial charge < -0.3 is 5.73 Å². The monoisotopic (exact) mass is 280 g/mol. The van der Waals surface area contributed by atoms with Gasteiger partial charge in [-0.25, -0.2) is 8.42 Å². The van der Waals surface area contributed by atoms with E-state index >= 15 is 0 Å². The second kappa shape index (κ2) is 5.41. The second-order valence-electron chi connectivity index (χ2n) is 4.06. The van der Waals surface area contributed by atoms with E-state index in [1.807, 2.05) is 30.3 Å². The van der Waals surface area contributed by atoms with Crippen LogP contribution in [-0.2, 0) is 16.6 Å². The van der Waals surface area contributed by atoms with Gasteiger partial charge in [0.2, 0.25) is 10.0 Å². The molecule has 0 spiro atoms. The van der Waals surface area contributed by atoms with Gasteiger partial charge >= 0.3 is 0 Å². The Kier molecular flexibility index (Phi) is 3.87. The summed E-state index contributed by atoms with van der Waals surface area (Å²) in [7, 11) is -3.62. The number of nitrogens with one attached hydrogen (secondary N) is 1. The highest BCUT2D eigenvalue weighted by molar-refractivity contribution is 7.89. The third kappa shape index (κ3) is 2.77. The fraction of sp³-hybridized carbons (Fsp3) is 0.250. The maximum atomic E-state index is 12.4. The fourth-order valence-corrected chi connectivity index (χ4v) is 3.23. The molecule has 2 rings (SSSR count). The van der Waals surface area contributed by atoms with E-state index in [-0.39, 0.29) is 10.7 Å². The minimum absolute atomic E-state index is 0.0188. The lowest BCUT2D eigenvalue weighted by Crippen LogP contribution is -2.30. The molecule has 0 saturated heterocycles.